The van der Waals surface area contributed by atoms with Gasteiger partial charge >= 0.3 is 0 Å². The van der Waals surface area contributed by atoms with E-state index in [1.165, 1.54) is 0 Å². The Balaban J connectivity index is 1.60. The van der Waals surface area contributed by atoms with E-state index in [1.807, 2.05) is 38.1 Å². The predicted octanol–water partition coefficient (Wildman–Crippen LogP) is 6.14. The molecule has 2 atom stereocenters. The maximum atomic E-state index is 14.7. The van der Waals surface area contributed by atoms with Crippen LogP contribution in [0, 0.1) is 0 Å². The van der Waals surface area contributed by atoms with Gasteiger partial charge in [-0.25, -0.2) is 16.8 Å². The molecule has 1 heterocycles. The van der Waals surface area contributed by atoms with Crippen LogP contribution in [-0.2, 0) is 29.1 Å². The molecule has 0 aromatic heterocycles. The minimum absolute atomic E-state index is 0.000771. The van der Waals surface area contributed by atoms with Crippen molar-refractivity contribution < 1.29 is 35.8 Å². The van der Waals surface area contributed by atoms with Crippen molar-refractivity contribution in [3.63, 3.8) is 0 Å². The van der Waals surface area contributed by atoms with Gasteiger partial charge in [0.2, 0.25) is 0 Å². The largest absolute Gasteiger partial charge is 0.456 e. The second kappa shape index (κ2) is 20.4. The Morgan fingerprint density at radius 1 is 0.873 bits per heavy atom. The topological polar surface area (TPSA) is 123 Å². The molecule has 2 aromatic carbocycles. The fourth-order valence-electron chi connectivity index (χ4n) is 6.78. The summed E-state index contributed by atoms with van der Waals surface area (Å²) in [7, 11) is -6.92. The number of carbonyl (C=O) groups excluding carboxylic acids is 1. The van der Waals surface area contributed by atoms with Crippen LogP contribution in [0.15, 0.2) is 84.0 Å². The lowest BCUT2D eigenvalue weighted by atomic mass is 9.84. The third-order valence-electron chi connectivity index (χ3n) is 10.3. The van der Waals surface area contributed by atoms with E-state index in [0.29, 0.717) is 12.0 Å². The van der Waals surface area contributed by atoms with E-state index in [1.54, 1.807) is 4.90 Å². The van der Waals surface area contributed by atoms with Gasteiger partial charge in [-0.1, -0.05) is 57.7 Å². The molecular weight excluding hydrogens is 739 g/mol. The summed E-state index contributed by atoms with van der Waals surface area (Å²) in [5, 5.41) is 0.890. The Labute approximate surface area is 329 Å². The predicted molar refractivity (Wildman–Crippen MR) is 222 cm³/mol. The molecule has 1 aliphatic heterocycles. The van der Waals surface area contributed by atoms with E-state index in [-0.39, 0.29) is 68.2 Å². The molecule has 55 heavy (non-hydrogen) atoms. The smallest absolute Gasteiger partial charge is 0.254 e. The molecule has 0 saturated carbocycles. The molecule has 2 unspecified atom stereocenters. The highest BCUT2D eigenvalue weighted by Crippen LogP contribution is 2.45. The third-order valence-corrected chi connectivity index (χ3v) is 13.1. The van der Waals surface area contributed by atoms with Crippen molar-refractivity contribution in [3.8, 4) is 5.75 Å². The minimum atomic E-state index is -3.57. The van der Waals surface area contributed by atoms with Crippen molar-refractivity contribution in [2.24, 2.45) is 0 Å². The number of likely N-dealkylation sites (N-methyl/N-ethyl adjacent to an activating group) is 1. The quantitative estimate of drug-likeness (QED) is 0.121. The van der Waals surface area contributed by atoms with Crippen molar-refractivity contribution in [2.45, 2.75) is 60.0 Å². The van der Waals surface area contributed by atoms with E-state index in [4.69, 9.17) is 14.2 Å². The molecule has 0 spiro atoms. The zero-order valence-electron chi connectivity index (χ0n) is 33.3. The first kappa shape index (κ1) is 44.0. The molecule has 0 N–H and O–H groups in total. The molecule has 2 aliphatic rings. The van der Waals surface area contributed by atoms with Gasteiger partial charge in [0.05, 0.1) is 49.7 Å². The van der Waals surface area contributed by atoms with Crippen molar-refractivity contribution in [3.05, 3.63) is 101 Å². The van der Waals surface area contributed by atoms with Crippen LogP contribution < -0.4 is 9.64 Å². The van der Waals surface area contributed by atoms with Gasteiger partial charge in [-0.2, -0.15) is 0 Å². The van der Waals surface area contributed by atoms with Gasteiger partial charge in [0.1, 0.15) is 11.5 Å². The van der Waals surface area contributed by atoms with E-state index >= 15 is 0 Å². The number of anilines is 1. The summed E-state index contributed by atoms with van der Waals surface area (Å²) in [4.78, 5) is 20.9. The molecule has 1 aliphatic carbocycles. The Hall–Kier alpha value is -3.75. The fraction of sp³-hybridized carbons (Fsp3) is 0.500. The molecule has 13 heteroatoms. The summed E-state index contributed by atoms with van der Waals surface area (Å²) < 4.78 is 66.7. The van der Waals surface area contributed by atoms with E-state index in [0.717, 1.165) is 71.1 Å². The number of hydrogen-bond donors (Lipinski definition) is 0. The fourth-order valence-corrected chi connectivity index (χ4v) is 8.34. The summed E-state index contributed by atoms with van der Waals surface area (Å²) in [6.45, 7) is 19.5. The van der Waals surface area contributed by atoms with Crippen molar-refractivity contribution >= 4 is 36.8 Å². The molecule has 0 bridgehead atoms. The van der Waals surface area contributed by atoms with Crippen LogP contribution in [0.3, 0.4) is 0 Å². The summed E-state index contributed by atoms with van der Waals surface area (Å²) in [6.07, 6.45) is 7.09. The average Bonchev–Trinajstić information content (AvgIpc) is 3.18. The highest BCUT2D eigenvalue weighted by molar-refractivity contribution is 7.94. The van der Waals surface area contributed by atoms with Gasteiger partial charge in [0.15, 0.2) is 19.7 Å². The number of benzene rings is 2. The molecule has 0 saturated heterocycles. The first-order chi connectivity index (χ1) is 26.3. The minimum Gasteiger partial charge on any atom is -0.456 e. The van der Waals surface area contributed by atoms with E-state index < -0.39 is 19.7 Å². The van der Waals surface area contributed by atoms with Crippen LogP contribution in [0.25, 0.3) is 5.57 Å². The third kappa shape index (κ3) is 11.4. The van der Waals surface area contributed by atoms with Gasteiger partial charge in [0, 0.05) is 65.1 Å². The van der Waals surface area contributed by atoms with Gasteiger partial charge in [-0.15, -0.1) is 0 Å². The monoisotopic (exact) mass is 797 g/mol. The van der Waals surface area contributed by atoms with Crippen LogP contribution >= 0.6 is 0 Å². The molecule has 0 radical (unpaired) electrons. The summed E-state index contributed by atoms with van der Waals surface area (Å²) in [5.74, 6) is 0.635. The van der Waals surface area contributed by atoms with Gasteiger partial charge in [-0.05, 0) is 70.1 Å². The van der Waals surface area contributed by atoms with Crippen LogP contribution in [0.2, 0.25) is 0 Å². The normalized spacial score (nSPS) is 15.9. The number of sulfone groups is 2. The van der Waals surface area contributed by atoms with Crippen molar-refractivity contribution in [1.29, 1.82) is 0 Å². The van der Waals surface area contributed by atoms with Crippen molar-refractivity contribution in [2.75, 3.05) is 81.3 Å². The second-order valence-corrected chi connectivity index (χ2v) is 17.9. The van der Waals surface area contributed by atoms with Gasteiger partial charge in [-0.3, -0.25) is 9.69 Å². The van der Waals surface area contributed by atoms with Gasteiger partial charge in [0.25, 0.3) is 5.91 Å². The molecule has 0 fully saturated rings. The lowest BCUT2D eigenvalue weighted by Crippen LogP contribution is -2.42. The Bertz CT molecular complexity index is 1950. The Morgan fingerprint density at radius 3 is 2.18 bits per heavy atom. The maximum Gasteiger partial charge on any atom is 0.254 e. The van der Waals surface area contributed by atoms with Crippen molar-refractivity contribution in [1.82, 2.24) is 9.80 Å². The molecular formula is C42H59N3O8S2. The molecule has 11 nitrogen and oxygen atoms in total. The zero-order valence-corrected chi connectivity index (χ0v) is 35.0. The SMILES string of the molecule is C=CS(=O)(=O)CCOCCOCCS(=O)(=O)CCN(C(=O)c1ccccc1C1=C2C=CC(N(CC)CC)C=C2Oc2cc(N(CC)CC)ccc21)C(C)CC. The van der Waals surface area contributed by atoms with Gasteiger partial charge < -0.3 is 24.0 Å². The van der Waals surface area contributed by atoms with E-state index in [2.05, 4.69) is 80.5 Å². The number of nitrogens with zero attached hydrogens (tertiary/aromatic N) is 3. The summed E-state index contributed by atoms with van der Waals surface area (Å²) in [5.41, 5.74) is 5.00. The number of fused-ring (bicyclic) bond motifs is 2. The lowest BCUT2D eigenvalue weighted by Gasteiger charge is -2.34. The van der Waals surface area contributed by atoms with Crippen LogP contribution in [0.1, 0.15) is 69.4 Å². The van der Waals surface area contributed by atoms with Crippen LogP contribution in [0.4, 0.5) is 5.69 Å². The molecule has 302 valence electrons. The first-order valence-corrected chi connectivity index (χ1v) is 22.9. The average molecular weight is 798 g/mol. The highest BCUT2D eigenvalue weighted by atomic mass is 32.2. The zero-order chi connectivity index (χ0) is 40.2. The number of hydrogen-bond acceptors (Lipinski definition) is 10. The number of allylic oxidation sites excluding steroid dienone is 1. The molecule has 2 aromatic rings. The standard InChI is InChI=1S/C42H59N3O8S2/c1-8-32(7)45(22-27-55(49,50)29-26-52-24-23-51-25-28-54(47,48)13-6)42(46)36-17-15-14-16-35(36)41-37-20-18-33(43(9-2)10-3)30-39(37)53-40-31-34(19-21-38(40)41)44(11-4)12-5/h13-21,30-33H,6,8-12,22-29H2,1-5,7H3. The van der Waals surface area contributed by atoms with Crippen LogP contribution in [-0.4, -0.2) is 121 Å². The number of rotatable bonds is 23. The number of ether oxygens (including phenoxy) is 3. The molecule has 1 amide bonds. The summed E-state index contributed by atoms with van der Waals surface area (Å²) in [6, 6.07) is 13.7. The number of amides is 1. The lowest BCUT2D eigenvalue weighted by molar-refractivity contribution is 0.0597. The molecule has 4 rings (SSSR count). The first-order valence-electron chi connectivity index (χ1n) is 19.4. The number of carbonyl (C=O) groups is 1. The maximum absolute atomic E-state index is 14.7. The Morgan fingerprint density at radius 2 is 1.55 bits per heavy atom. The highest BCUT2D eigenvalue weighted by Gasteiger charge is 2.32. The summed E-state index contributed by atoms with van der Waals surface area (Å²) >= 11 is 0. The second-order valence-electron chi connectivity index (χ2n) is 13.6. The van der Waals surface area contributed by atoms with Crippen LogP contribution in [0.5, 0.6) is 5.75 Å². The Kier molecular flexibility index (Phi) is 16.3. The van der Waals surface area contributed by atoms with E-state index in [9.17, 15) is 21.6 Å².